The van der Waals surface area contributed by atoms with Gasteiger partial charge in [-0.05, 0) is 36.8 Å². The van der Waals surface area contributed by atoms with Crippen molar-refractivity contribution in [3.8, 4) is 5.75 Å². The normalized spacial score (nSPS) is 11.6. The molecule has 0 amide bonds. The molecule has 2 rings (SSSR count). The molecule has 4 nitrogen and oxygen atoms in total. The summed E-state index contributed by atoms with van der Waals surface area (Å²) in [6.45, 7) is 2.25. The Labute approximate surface area is 126 Å². The molecule has 2 aromatic rings. The van der Waals surface area contributed by atoms with E-state index in [-0.39, 0.29) is 0 Å². The average Bonchev–Trinajstić information content (AvgIpc) is 2.48. The number of ether oxygens (including phenoxy) is 1. The first kappa shape index (κ1) is 15.5. The highest BCUT2D eigenvalue weighted by Gasteiger charge is 2.20. The average molecular weight is 305 g/mol. The van der Waals surface area contributed by atoms with Gasteiger partial charge in [-0.3, -0.25) is 0 Å². The quantitative estimate of drug-likeness (QED) is 0.853. The lowest BCUT2D eigenvalue weighted by Gasteiger charge is -2.17. The van der Waals surface area contributed by atoms with Crippen LogP contribution in [0.15, 0.2) is 53.4 Å². The third kappa shape index (κ3) is 3.62. The standard InChI is InChI=1S/C16H19NO3S/c1-13-4-10-16(11-5-13)21(18,19)17(2)12-14-6-8-15(20-3)9-7-14/h4-11H,12H2,1-3H3. The van der Waals surface area contributed by atoms with Crippen LogP contribution in [0.3, 0.4) is 0 Å². The van der Waals surface area contributed by atoms with Crippen molar-refractivity contribution >= 4 is 10.0 Å². The van der Waals surface area contributed by atoms with Crippen LogP contribution in [0.25, 0.3) is 0 Å². The van der Waals surface area contributed by atoms with Crippen LogP contribution in [0.5, 0.6) is 5.75 Å². The number of rotatable bonds is 5. The maximum Gasteiger partial charge on any atom is 0.243 e. The van der Waals surface area contributed by atoms with Gasteiger partial charge in [0.1, 0.15) is 5.75 Å². The van der Waals surface area contributed by atoms with E-state index in [1.165, 1.54) is 4.31 Å². The Kier molecular flexibility index (Phi) is 4.65. The third-order valence-electron chi connectivity index (χ3n) is 3.29. The molecule has 0 N–H and O–H groups in total. The zero-order chi connectivity index (χ0) is 15.5. The van der Waals surface area contributed by atoms with Gasteiger partial charge in [-0.15, -0.1) is 0 Å². The smallest absolute Gasteiger partial charge is 0.243 e. The highest BCUT2D eigenvalue weighted by molar-refractivity contribution is 7.89. The van der Waals surface area contributed by atoms with E-state index in [1.807, 2.05) is 31.2 Å². The van der Waals surface area contributed by atoms with Crippen LogP contribution >= 0.6 is 0 Å². The van der Waals surface area contributed by atoms with Crippen molar-refractivity contribution in [3.63, 3.8) is 0 Å². The van der Waals surface area contributed by atoms with Crippen molar-refractivity contribution < 1.29 is 13.2 Å². The van der Waals surface area contributed by atoms with Crippen molar-refractivity contribution in [3.05, 3.63) is 59.7 Å². The number of nitrogens with zero attached hydrogens (tertiary/aromatic N) is 1. The minimum absolute atomic E-state index is 0.309. The molecular weight excluding hydrogens is 286 g/mol. The van der Waals surface area contributed by atoms with Crippen molar-refractivity contribution in [2.75, 3.05) is 14.2 Å². The molecule has 112 valence electrons. The fourth-order valence-electron chi connectivity index (χ4n) is 1.96. The zero-order valence-corrected chi connectivity index (χ0v) is 13.2. The van der Waals surface area contributed by atoms with E-state index in [0.717, 1.165) is 16.9 Å². The maximum atomic E-state index is 12.5. The van der Waals surface area contributed by atoms with Crippen LogP contribution in [0.4, 0.5) is 0 Å². The summed E-state index contributed by atoms with van der Waals surface area (Å²) in [4.78, 5) is 0.309. The molecule has 0 aliphatic heterocycles. The number of sulfonamides is 1. The van der Waals surface area contributed by atoms with Gasteiger partial charge in [-0.1, -0.05) is 29.8 Å². The van der Waals surface area contributed by atoms with Gasteiger partial charge in [0.15, 0.2) is 0 Å². The van der Waals surface area contributed by atoms with E-state index >= 15 is 0 Å². The molecule has 0 saturated heterocycles. The molecule has 0 unspecified atom stereocenters. The van der Waals surface area contributed by atoms with Gasteiger partial charge in [0.05, 0.1) is 12.0 Å². The first-order valence-corrected chi connectivity index (χ1v) is 8.03. The fraction of sp³-hybridized carbons (Fsp3) is 0.250. The molecule has 0 aliphatic rings. The summed E-state index contributed by atoms with van der Waals surface area (Å²) in [7, 11) is -0.285. The highest BCUT2D eigenvalue weighted by atomic mass is 32.2. The van der Waals surface area contributed by atoms with Gasteiger partial charge >= 0.3 is 0 Å². The molecular formula is C16H19NO3S. The largest absolute Gasteiger partial charge is 0.497 e. The molecule has 0 bridgehead atoms. The minimum atomic E-state index is -3.47. The monoisotopic (exact) mass is 305 g/mol. The van der Waals surface area contributed by atoms with Gasteiger partial charge < -0.3 is 4.74 Å². The third-order valence-corrected chi connectivity index (χ3v) is 5.11. The fourth-order valence-corrected chi connectivity index (χ4v) is 3.12. The molecule has 0 saturated carbocycles. The van der Waals surface area contributed by atoms with Crippen LogP contribution in [0, 0.1) is 6.92 Å². The second kappa shape index (κ2) is 6.28. The summed E-state index contributed by atoms with van der Waals surface area (Å²) < 4.78 is 31.4. The first-order valence-electron chi connectivity index (χ1n) is 6.59. The SMILES string of the molecule is COc1ccc(CN(C)S(=O)(=O)c2ccc(C)cc2)cc1. The predicted molar refractivity (Wildman–Crippen MR) is 82.8 cm³/mol. The Morgan fingerprint density at radius 1 is 1.00 bits per heavy atom. The summed E-state index contributed by atoms with van der Waals surface area (Å²) >= 11 is 0. The van der Waals surface area contributed by atoms with Gasteiger partial charge in [0, 0.05) is 13.6 Å². The zero-order valence-electron chi connectivity index (χ0n) is 12.4. The summed E-state index contributed by atoms with van der Waals surface area (Å²) in [6.07, 6.45) is 0. The maximum absolute atomic E-state index is 12.5. The highest BCUT2D eigenvalue weighted by Crippen LogP contribution is 2.18. The van der Waals surface area contributed by atoms with Crippen LogP contribution in [0.2, 0.25) is 0 Å². The first-order chi connectivity index (χ1) is 9.93. The summed E-state index contributed by atoms with van der Waals surface area (Å²) in [6, 6.07) is 14.2. The lowest BCUT2D eigenvalue weighted by atomic mass is 10.2. The summed E-state index contributed by atoms with van der Waals surface area (Å²) in [5.74, 6) is 0.753. The summed E-state index contributed by atoms with van der Waals surface area (Å²) in [5.41, 5.74) is 1.95. The van der Waals surface area contributed by atoms with Gasteiger partial charge in [0.25, 0.3) is 0 Å². The topological polar surface area (TPSA) is 46.6 Å². The van der Waals surface area contributed by atoms with E-state index in [9.17, 15) is 8.42 Å². The lowest BCUT2D eigenvalue weighted by Crippen LogP contribution is -2.26. The number of benzene rings is 2. The summed E-state index contributed by atoms with van der Waals surface area (Å²) in [5, 5.41) is 0. The Morgan fingerprint density at radius 3 is 2.10 bits per heavy atom. The second-order valence-corrected chi connectivity index (χ2v) is 6.97. The van der Waals surface area contributed by atoms with E-state index in [1.54, 1.807) is 38.4 Å². The molecule has 0 aromatic heterocycles. The molecule has 0 fully saturated rings. The number of aryl methyl sites for hydroxylation is 1. The second-order valence-electron chi connectivity index (χ2n) is 4.92. The van der Waals surface area contributed by atoms with Gasteiger partial charge in [-0.25, -0.2) is 8.42 Å². The Bertz CT molecular complexity index is 691. The van der Waals surface area contributed by atoms with E-state index in [4.69, 9.17) is 4.74 Å². The van der Waals surface area contributed by atoms with Crippen LogP contribution in [-0.2, 0) is 16.6 Å². The minimum Gasteiger partial charge on any atom is -0.497 e. The van der Waals surface area contributed by atoms with Crippen LogP contribution in [0.1, 0.15) is 11.1 Å². The molecule has 0 radical (unpaired) electrons. The molecule has 0 atom stereocenters. The molecule has 21 heavy (non-hydrogen) atoms. The Morgan fingerprint density at radius 2 is 1.57 bits per heavy atom. The van der Waals surface area contributed by atoms with Gasteiger partial charge in [0.2, 0.25) is 10.0 Å². The molecule has 5 heteroatoms. The van der Waals surface area contributed by atoms with Crippen LogP contribution in [-0.4, -0.2) is 26.9 Å². The van der Waals surface area contributed by atoms with Gasteiger partial charge in [-0.2, -0.15) is 4.31 Å². The predicted octanol–water partition coefficient (Wildman–Crippen LogP) is 2.82. The van der Waals surface area contributed by atoms with Crippen LogP contribution < -0.4 is 4.74 Å². The Balaban J connectivity index is 2.17. The Hall–Kier alpha value is -1.85. The van der Waals surface area contributed by atoms with E-state index < -0.39 is 10.0 Å². The molecule has 2 aromatic carbocycles. The number of methoxy groups -OCH3 is 1. The van der Waals surface area contributed by atoms with E-state index in [2.05, 4.69) is 0 Å². The molecule has 0 aliphatic carbocycles. The molecule has 0 spiro atoms. The van der Waals surface area contributed by atoms with Crippen molar-refractivity contribution in [1.29, 1.82) is 0 Å². The van der Waals surface area contributed by atoms with E-state index in [0.29, 0.717) is 11.4 Å². The lowest BCUT2D eigenvalue weighted by molar-refractivity contribution is 0.414. The number of hydrogen-bond donors (Lipinski definition) is 0. The van der Waals surface area contributed by atoms with Crippen molar-refractivity contribution in [2.24, 2.45) is 0 Å². The van der Waals surface area contributed by atoms with Crippen molar-refractivity contribution in [1.82, 2.24) is 4.31 Å². The number of hydrogen-bond acceptors (Lipinski definition) is 3. The molecule has 0 heterocycles. The van der Waals surface area contributed by atoms with Crippen molar-refractivity contribution in [2.45, 2.75) is 18.4 Å².